The molecule has 2 heterocycles. The minimum absolute atomic E-state index is 0.00961. The highest BCUT2D eigenvalue weighted by molar-refractivity contribution is 5.53. The van der Waals surface area contributed by atoms with E-state index in [2.05, 4.69) is 15.1 Å². The number of hydrogen-bond acceptors (Lipinski definition) is 5. The van der Waals surface area contributed by atoms with Crippen LogP contribution in [0.4, 0.5) is 0 Å². The molecule has 0 amide bonds. The van der Waals surface area contributed by atoms with E-state index in [-0.39, 0.29) is 6.04 Å². The topological polar surface area (TPSA) is 77.8 Å². The van der Waals surface area contributed by atoms with Crippen LogP contribution in [0.1, 0.15) is 23.9 Å². The maximum Gasteiger partial charge on any atom is 0.228 e. The van der Waals surface area contributed by atoms with Gasteiger partial charge in [0.2, 0.25) is 11.7 Å². The van der Waals surface area contributed by atoms with Gasteiger partial charge in [-0.25, -0.2) is 0 Å². The summed E-state index contributed by atoms with van der Waals surface area (Å²) in [5.74, 6) is 1.08. The molecule has 2 aromatic rings. The van der Waals surface area contributed by atoms with Crippen LogP contribution in [0.3, 0.4) is 0 Å². The van der Waals surface area contributed by atoms with Crippen molar-refractivity contribution in [3.05, 3.63) is 29.3 Å². The second-order valence-electron chi connectivity index (χ2n) is 4.37. The zero-order valence-electron chi connectivity index (χ0n) is 10.3. The lowest BCUT2D eigenvalue weighted by Gasteiger charge is -2.00. The highest BCUT2D eigenvalue weighted by atomic mass is 16.5. The first-order chi connectivity index (χ1) is 8.06. The van der Waals surface area contributed by atoms with E-state index in [9.17, 15) is 0 Å². The molecule has 0 aliphatic heterocycles. The molecule has 5 nitrogen and oxygen atoms in total. The fourth-order valence-electron chi connectivity index (χ4n) is 1.66. The molecule has 0 radical (unpaired) electrons. The molecule has 1 unspecified atom stereocenters. The van der Waals surface area contributed by atoms with E-state index in [0.29, 0.717) is 18.1 Å². The predicted octanol–water partition coefficient (Wildman–Crippen LogP) is 1.64. The van der Waals surface area contributed by atoms with Gasteiger partial charge < -0.3 is 10.3 Å². The third-order valence-corrected chi connectivity index (χ3v) is 2.39. The van der Waals surface area contributed by atoms with Gasteiger partial charge in [0, 0.05) is 18.7 Å². The Hall–Kier alpha value is -1.75. The molecule has 0 aliphatic carbocycles. The maximum absolute atomic E-state index is 5.68. The van der Waals surface area contributed by atoms with Crippen LogP contribution < -0.4 is 5.73 Å². The van der Waals surface area contributed by atoms with Gasteiger partial charge in [0.25, 0.3) is 0 Å². The molecule has 0 fully saturated rings. The maximum atomic E-state index is 5.68. The number of hydrogen-bond donors (Lipinski definition) is 1. The van der Waals surface area contributed by atoms with Gasteiger partial charge in [-0.1, -0.05) is 11.2 Å². The molecule has 2 aromatic heterocycles. The van der Waals surface area contributed by atoms with Crippen LogP contribution >= 0.6 is 0 Å². The molecule has 0 saturated heterocycles. The highest BCUT2D eigenvalue weighted by Crippen LogP contribution is 2.18. The second kappa shape index (κ2) is 4.63. The van der Waals surface area contributed by atoms with Gasteiger partial charge in [-0.3, -0.25) is 4.98 Å². The molecule has 0 aliphatic rings. The molecule has 90 valence electrons. The Morgan fingerprint density at radius 3 is 2.82 bits per heavy atom. The van der Waals surface area contributed by atoms with Crippen LogP contribution in [0, 0.1) is 13.8 Å². The molecule has 0 spiro atoms. The van der Waals surface area contributed by atoms with Crippen molar-refractivity contribution in [2.45, 2.75) is 33.2 Å². The van der Waals surface area contributed by atoms with Crippen LogP contribution in [-0.2, 0) is 6.42 Å². The van der Waals surface area contributed by atoms with Gasteiger partial charge >= 0.3 is 0 Å². The molecular formula is C12H16N4O. The molecule has 0 saturated carbocycles. The summed E-state index contributed by atoms with van der Waals surface area (Å²) in [6.45, 7) is 5.89. The van der Waals surface area contributed by atoms with Crippen LogP contribution in [0.15, 0.2) is 16.8 Å². The summed E-state index contributed by atoms with van der Waals surface area (Å²) in [6, 6.07) is 2.06. The fourth-order valence-corrected chi connectivity index (χ4v) is 1.66. The van der Waals surface area contributed by atoms with E-state index >= 15 is 0 Å². The smallest absolute Gasteiger partial charge is 0.228 e. The van der Waals surface area contributed by atoms with E-state index in [1.165, 1.54) is 0 Å². The number of aryl methyl sites for hydroxylation is 2. The van der Waals surface area contributed by atoms with Crippen LogP contribution in [0.5, 0.6) is 0 Å². The first-order valence-electron chi connectivity index (χ1n) is 5.58. The molecule has 2 N–H and O–H groups in total. The van der Waals surface area contributed by atoms with Crippen molar-refractivity contribution in [3.8, 4) is 11.5 Å². The Bertz CT molecular complexity index is 519. The van der Waals surface area contributed by atoms with Crippen molar-refractivity contribution in [2.24, 2.45) is 5.73 Å². The largest absolute Gasteiger partial charge is 0.339 e. The van der Waals surface area contributed by atoms with Crippen molar-refractivity contribution in [1.29, 1.82) is 0 Å². The average molecular weight is 232 g/mol. The SMILES string of the molecule is Cc1cnc(-c2noc(CC(C)N)n2)c(C)c1. The molecule has 0 bridgehead atoms. The summed E-state index contributed by atoms with van der Waals surface area (Å²) in [5, 5.41) is 3.93. The standard InChI is InChI=1S/C12H16N4O/c1-7-4-8(2)11(14-6-7)12-15-10(17-16-12)5-9(3)13/h4,6,9H,5,13H2,1-3H3. The summed E-state index contributed by atoms with van der Waals surface area (Å²) in [7, 11) is 0. The zero-order chi connectivity index (χ0) is 12.4. The van der Waals surface area contributed by atoms with Gasteiger partial charge in [0.05, 0.1) is 0 Å². The number of nitrogens with two attached hydrogens (primary N) is 1. The Labute approximate surface area is 100 Å². The third-order valence-electron chi connectivity index (χ3n) is 2.39. The van der Waals surface area contributed by atoms with Gasteiger partial charge in [0.1, 0.15) is 5.69 Å². The van der Waals surface area contributed by atoms with E-state index < -0.39 is 0 Å². The van der Waals surface area contributed by atoms with E-state index in [0.717, 1.165) is 16.8 Å². The first kappa shape index (κ1) is 11.7. The molecule has 1 atom stereocenters. The monoisotopic (exact) mass is 232 g/mol. The summed E-state index contributed by atoms with van der Waals surface area (Å²) >= 11 is 0. The van der Waals surface area contributed by atoms with Crippen LogP contribution in [0.2, 0.25) is 0 Å². The zero-order valence-corrected chi connectivity index (χ0v) is 10.3. The summed E-state index contributed by atoms with van der Waals surface area (Å²) in [5.41, 5.74) is 8.59. The number of pyridine rings is 1. The summed E-state index contributed by atoms with van der Waals surface area (Å²) in [6.07, 6.45) is 2.38. The van der Waals surface area contributed by atoms with Crippen molar-refractivity contribution in [3.63, 3.8) is 0 Å². The van der Waals surface area contributed by atoms with Crippen molar-refractivity contribution < 1.29 is 4.52 Å². The van der Waals surface area contributed by atoms with Crippen LogP contribution in [0.25, 0.3) is 11.5 Å². The highest BCUT2D eigenvalue weighted by Gasteiger charge is 2.13. The van der Waals surface area contributed by atoms with Gasteiger partial charge in [-0.15, -0.1) is 0 Å². The molecule has 0 aromatic carbocycles. The van der Waals surface area contributed by atoms with Gasteiger partial charge in [0.15, 0.2) is 0 Å². The van der Waals surface area contributed by atoms with Crippen molar-refractivity contribution >= 4 is 0 Å². The van der Waals surface area contributed by atoms with Crippen LogP contribution in [-0.4, -0.2) is 21.2 Å². The van der Waals surface area contributed by atoms with Crippen molar-refractivity contribution in [2.75, 3.05) is 0 Å². The van der Waals surface area contributed by atoms with E-state index in [4.69, 9.17) is 10.3 Å². The Morgan fingerprint density at radius 2 is 2.18 bits per heavy atom. The number of nitrogens with zero attached hydrogens (tertiary/aromatic N) is 3. The third kappa shape index (κ3) is 2.68. The normalized spacial score (nSPS) is 12.7. The number of rotatable bonds is 3. The molecular weight excluding hydrogens is 216 g/mol. The Kier molecular flexibility index (Phi) is 3.19. The lowest BCUT2D eigenvalue weighted by Crippen LogP contribution is -2.17. The first-order valence-corrected chi connectivity index (χ1v) is 5.58. The van der Waals surface area contributed by atoms with Crippen molar-refractivity contribution in [1.82, 2.24) is 15.1 Å². The van der Waals surface area contributed by atoms with E-state index in [1.54, 1.807) is 6.20 Å². The quantitative estimate of drug-likeness (QED) is 0.870. The Morgan fingerprint density at radius 1 is 1.41 bits per heavy atom. The molecule has 17 heavy (non-hydrogen) atoms. The predicted molar refractivity (Wildman–Crippen MR) is 64.4 cm³/mol. The minimum Gasteiger partial charge on any atom is -0.339 e. The lowest BCUT2D eigenvalue weighted by atomic mass is 10.1. The summed E-state index contributed by atoms with van der Waals surface area (Å²) < 4.78 is 5.13. The summed E-state index contributed by atoms with van der Waals surface area (Å²) in [4.78, 5) is 8.62. The molecule has 2 rings (SSSR count). The molecule has 5 heteroatoms. The number of aromatic nitrogens is 3. The second-order valence-corrected chi connectivity index (χ2v) is 4.37. The lowest BCUT2D eigenvalue weighted by molar-refractivity contribution is 0.372. The fraction of sp³-hybridized carbons (Fsp3) is 0.417. The Balaban J connectivity index is 2.30. The average Bonchev–Trinajstić information content (AvgIpc) is 2.65. The van der Waals surface area contributed by atoms with Gasteiger partial charge in [-0.05, 0) is 31.9 Å². The van der Waals surface area contributed by atoms with E-state index in [1.807, 2.05) is 26.8 Å². The van der Waals surface area contributed by atoms with Gasteiger partial charge in [-0.2, -0.15) is 4.98 Å². The minimum atomic E-state index is 0.00961.